The van der Waals surface area contributed by atoms with Crippen LogP contribution in [0, 0.1) is 11.7 Å². The number of rotatable bonds is 6. The van der Waals surface area contributed by atoms with Crippen LogP contribution in [0.4, 0.5) is 30.7 Å². The van der Waals surface area contributed by atoms with Gasteiger partial charge in [-0.2, -0.15) is 31.3 Å². The second-order valence-electron chi connectivity index (χ2n) is 8.69. The van der Waals surface area contributed by atoms with E-state index >= 15 is 0 Å². The van der Waals surface area contributed by atoms with Crippen molar-refractivity contribution in [1.82, 2.24) is 15.0 Å². The Bertz CT molecular complexity index is 1130. The molecule has 2 unspecified atom stereocenters. The molecule has 1 aliphatic rings. The van der Waals surface area contributed by atoms with Crippen LogP contribution in [0.25, 0.3) is 11.5 Å². The van der Waals surface area contributed by atoms with Crippen molar-refractivity contribution in [3.8, 4) is 11.5 Å². The minimum atomic E-state index is -4.54. The molecule has 3 aromatic rings. The second-order valence-corrected chi connectivity index (χ2v) is 8.69. The number of likely N-dealkylation sites (tertiary alicyclic amines) is 1. The number of aromatic nitrogens is 2. The summed E-state index contributed by atoms with van der Waals surface area (Å²) in [5, 5.41) is 3.65. The van der Waals surface area contributed by atoms with Crippen LogP contribution in [0.1, 0.15) is 35.7 Å². The predicted octanol–water partition coefficient (Wildman–Crippen LogP) is 6.92. The third-order valence-corrected chi connectivity index (χ3v) is 6.12. The largest absolute Gasteiger partial charge is 0.416 e. The van der Waals surface area contributed by atoms with Gasteiger partial charge in [0.25, 0.3) is 5.89 Å². The average Bonchev–Trinajstić information content (AvgIpc) is 3.27. The summed E-state index contributed by atoms with van der Waals surface area (Å²) in [6.07, 6.45) is -8.37. The monoisotopic (exact) mass is 537 g/mol. The zero-order valence-electron chi connectivity index (χ0n) is 18.8. The van der Waals surface area contributed by atoms with Gasteiger partial charge in [0.05, 0.1) is 11.5 Å². The van der Waals surface area contributed by atoms with Crippen molar-refractivity contribution in [3.05, 3.63) is 71.3 Å². The number of piperidine rings is 1. The Labute approximate surface area is 208 Å². The molecule has 0 amide bonds. The van der Waals surface area contributed by atoms with Gasteiger partial charge in [0.15, 0.2) is 5.82 Å². The lowest BCUT2D eigenvalue weighted by Crippen LogP contribution is -2.42. The minimum absolute atomic E-state index is 0. The van der Waals surface area contributed by atoms with Crippen LogP contribution in [-0.2, 0) is 12.6 Å². The molecular weight excluding hydrogens is 515 g/mol. The lowest BCUT2D eigenvalue weighted by atomic mass is 9.89. The Balaban J connectivity index is 0.00000361. The predicted molar refractivity (Wildman–Crippen MR) is 120 cm³/mol. The molecular formula is C24H23ClF7N3O. The third kappa shape index (κ3) is 6.97. The molecule has 0 spiro atoms. The maximum absolute atomic E-state index is 13.9. The molecule has 0 radical (unpaired) electrons. The topological polar surface area (TPSA) is 42.2 Å². The van der Waals surface area contributed by atoms with E-state index in [2.05, 4.69) is 10.1 Å². The first-order chi connectivity index (χ1) is 16.5. The second kappa shape index (κ2) is 11.2. The highest BCUT2D eigenvalue weighted by Crippen LogP contribution is 2.35. The summed E-state index contributed by atoms with van der Waals surface area (Å²) in [5.41, 5.74) is 0.0817. The van der Waals surface area contributed by atoms with Crippen LogP contribution in [0.3, 0.4) is 0 Å². The maximum Gasteiger partial charge on any atom is 0.416 e. The van der Waals surface area contributed by atoms with Crippen molar-refractivity contribution in [2.45, 2.75) is 37.5 Å². The third-order valence-electron chi connectivity index (χ3n) is 6.12. The number of alkyl halides is 6. The van der Waals surface area contributed by atoms with E-state index in [1.54, 1.807) is 11.0 Å². The van der Waals surface area contributed by atoms with Gasteiger partial charge in [0, 0.05) is 25.1 Å². The highest BCUT2D eigenvalue weighted by Gasteiger charge is 2.42. The van der Waals surface area contributed by atoms with Crippen molar-refractivity contribution in [3.63, 3.8) is 0 Å². The normalized spacial score (nSPS) is 18.0. The summed E-state index contributed by atoms with van der Waals surface area (Å²) < 4.78 is 99.0. The van der Waals surface area contributed by atoms with Gasteiger partial charge in [0.1, 0.15) is 5.82 Å². The average molecular weight is 538 g/mol. The van der Waals surface area contributed by atoms with E-state index in [9.17, 15) is 30.7 Å². The molecule has 0 N–H and O–H groups in total. The van der Waals surface area contributed by atoms with Gasteiger partial charge < -0.3 is 9.42 Å². The number of hydrogen-bond donors (Lipinski definition) is 0. The summed E-state index contributed by atoms with van der Waals surface area (Å²) in [7, 11) is 0. The van der Waals surface area contributed by atoms with Gasteiger partial charge in [0.2, 0.25) is 0 Å². The smallest absolute Gasteiger partial charge is 0.334 e. The Kier molecular flexibility index (Phi) is 8.66. The lowest BCUT2D eigenvalue weighted by molar-refractivity contribution is -0.180. The number of halogens is 8. The van der Waals surface area contributed by atoms with E-state index in [0.717, 1.165) is 12.1 Å². The summed E-state index contributed by atoms with van der Waals surface area (Å²) >= 11 is 0. The Morgan fingerprint density at radius 2 is 1.75 bits per heavy atom. The first-order valence-electron chi connectivity index (χ1n) is 11.0. The first-order valence-corrected chi connectivity index (χ1v) is 11.0. The molecule has 1 aromatic heterocycles. The summed E-state index contributed by atoms with van der Waals surface area (Å²) in [6.45, 7) is 0.301. The van der Waals surface area contributed by atoms with Crippen LogP contribution in [0.5, 0.6) is 0 Å². The van der Waals surface area contributed by atoms with Crippen LogP contribution in [0.2, 0.25) is 0 Å². The standard InChI is InChI=1S/C24H22F7N3O.ClH/c25-20-8-6-15(7-9-20)22-32-21(33-35-22)12-19(24(29,30)31)14-34-10-2-4-17(13-34)16-3-1-5-18(11-16)23(26,27)28;/h1,3,5-9,11,17,19H,2,4,10,12-14H2;1H. The number of nitrogens with zero attached hydrogens (tertiary/aromatic N) is 3. The number of benzene rings is 2. The highest BCUT2D eigenvalue weighted by molar-refractivity contribution is 5.85. The van der Waals surface area contributed by atoms with Gasteiger partial charge in [-0.1, -0.05) is 23.4 Å². The zero-order valence-corrected chi connectivity index (χ0v) is 19.6. The van der Waals surface area contributed by atoms with E-state index in [-0.39, 0.29) is 43.1 Å². The molecule has 0 bridgehead atoms. The molecule has 1 aliphatic heterocycles. The SMILES string of the molecule is Cl.Fc1ccc(-c2nc(CC(CN3CCCC(c4cccc(C(F)(F)F)c4)C3)C(F)(F)F)no2)cc1. The van der Waals surface area contributed by atoms with Crippen LogP contribution >= 0.6 is 12.4 Å². The van der Waals surface area contributed by atoms with Gasteiger partial charge in [-0.05, 0) is 61.2 Å². The molecule has 2 atom stereocenters. The number of hydrogen-bond acceptors (Lipinski definition) is 4. The van der Waals surface area contributed by atoms with Gasteiger partial charge in [-0.25, -0.2) is 4.39 Å². The maximum atomic E-state index is 13.9. The fourth-order valence-electron chi connectivity index (χ4n) is 4.32. The van der Waals surface area contributed by atoms with Crippen molar-refractivity contribution in [2.75, 3.05) is 19.6 Å². The molecule has 0 saturated carbocycles. The molecule has 2 heterocycles. The molecule has 0 aliphatic carbocycles. The molecule has 1 fully saturated rings. The quantitative estimate of drug-likeness (QED) is 0.320. The summed E-state index contributed by atoms with van der Waals surface area (Å²) in [6, 6.07) is 10.1. The van der Waals surface area contributed by atoms with E-state index in [1.807, 2.05) is 0 Å². The van der Waals surface area contributed by atoms with Crippen molar-refractivity contribution in [2.24, 2.45) is 5.92 Å². The first kappa shape index (κ1) is 27.9. The van der Waals surface area contributed by atoms with E-state index in [1.165, 1.54) is 30.3 Å². The molecule has 2 aromatic carbocycles. The van der Waals surface area contributed by atoms with Crippen LogP contribution < -0.4 is 0 Å². The zero-order chi connectivity index (χ0) is 25.2. The van der Waals surface area contributed by atoms with Crippen LogP contribution in [-0.4, -0.2) is 40.9 Å². The fourth-order valence-corrected chi connectivity index (χ4v) is 4.32. The molecule has 1 saturated heterocycles. The van der Waals surface area contributed by atoms with Crippen molar-refractivity contribution in [1.29, 1.82) is 0 Å². The summed E-state index contributed by atoms with van der Waals surface area (Å²) in [4.78, 5) is 5.66. The molecule has 4 rings (SSSR count). The Morgan fingerprint density at radius 3 is 2.42 bits per heavy atom. The van der Waals surface area contributed by atoms with E-state index in [0.29, 0.717) is 30.5 Å². The fraction of sp³-hybridized carbons (Fsp3) is 0.417. The van der Waals surface area contributed by atoms with Crippen LogP contribution in [0.15, 0.2) is 53.1 Å². The van der Waals surface area contributed by atoms with Gasteiger partial charge in [-0.3, -0.25) is 0 Å². The Hall–Kier alpha value is -2.66. The molecule has 36 heavy (non-hydrogen) atoms. The van der Waals surface area contributed by atoms with E-state index in [4.69, 9.17) is 4.52 Å². The van der Waals surface area contributed by atoms with Gasteiger partial charge in [-0.15, -0.1) is 12.4 Å². The minimum Gasteiger partial charge on any atom is -0.334 e. The van der Waals surface area contributed by atoms with E-state index < -0.39 is 36.1 Å². The van der Waals surface area contributed by atoms with Gasteiger partial charge >= 0.3 is 12.4 Å². The van der Waals surface area contributed by atoms with Crippen molar-refractivity contribution < 1.29 is 35.3 Å². The molecule has 4 nitrogen and oxygen atoms in total. The lowest BCUT2D eigenvalue weighted by Gasteiger charge is -2.35. The Morgan fingerprint density at radius 1 is 1.03 bits per heavy atom. The molecule has 12 heteroatoms. The highest BCUT2D eigenvalue weighted by atomic mass is 35.5. The summed E-state index contributed by atoms with van der Waals surface area (Å²) in [5.74, 6) is -2.70. The molecule has 196 valence electrons. The van der Waals surface area contributed by atoms with Crippen molar-refractivity contribution >= 4 is 12.4 Å².